The summed E-state index contributed by atoms with van der Waals surface area (Å²) in [4.78, 5) is 4.58. The summed E-state index contributed by atoms with van der Waals surface area (Å²) in [5.74, 6) is 0.0864. The highest BCUT2D eigenvalue weighted by atomic mass is 35.5. The number of halogens is 4. The number of benzene rings is 3. The molecule has 1 heterocycles. The molecule has 0 atom stereocenters. The number of nitrogens with zero attached hydrogens (tertiary/aromatic N) is 2. The fraction of sp³-hybridized carbons (Fsp3) is 0.0455. The maximum Gasteiger partial charge on any atom is 0.165 e. The predicted octanol–water partition coefficient (Wildman–Crippen LogP) is 7.61. The number of rotatable bonds is 3. The molecule has 0 aliphatic rings. The van der Waals surface area contributed by atoms with Crippen LogP contribution in [0, 0.1) is 12.7 Å². The minimum absolute atomic E-state index is 0.0430. The van der Waals surface area contributed by atoms with Crippen molar-refractivity contribution in [3.63, 3.8) is 0 Å². The lowest BCUT2D eigenvalue weighted by atomic mass is 10.1. The Labute approximate surface area is 177 Å². The minimum Gasteiger partial charge on any atom is -0.289 e. The van der Waals surface area contributed by atoms with Gasteiger partial charge in [0, 0.05) is 11.1 Å². The van der Waals surface area contributed by atoms with E-state index >= 15 is 0 Å². The number of hydrogen-bond acceptors (Lipinski definition) is 1. The summed E-state index contributed by atoms with van der Waals surface area (Å²) in [6.07, 6.45) is 1.69. The average molecular weight is 432 g/mol. The third-order valence-corrected chi connectivity index (χ3v) is 5.46. The van der Waals surface area contributed by atoms with E-state index < -0.39 is 5.82 Å². The summed E-state index contributed by atoms with van der Waals surface area (Å²) in [5, 5.41) is 0.904. The van der Waals surface area contributed by atoms with Gasteiger partial charge >= 0.3 is 0 Å². The quantitative estimate of drug-likeness (QED) is 0.326. The van der Waals surface area contributed by atoms with Crippen molar-refractivity contribution >= 4 is 34.8 Å². The summed E-state index contributed by atoms with van der Waals surface area (Å²) in [6, 6.07) is 18.0. The van der Waals surface area contributed by atoms with Crippen LogP contribution in [0.5, 0.6) is 0 Å². The Hall–Kier alpha value is -2.33. The summed E-state index contributed by atoms with van der Waals surface area (Å²) in [6.45, 7) is 2.00. The fourth-order valence-electron chi connectivity index (χ4n) is 3.11. The Morgan fingerprint density at radius 3 is 2.36 bits per heavy atom. The van der Waals surface area contributed by atoms with Gasteiger partial charge in [-0.3, -0.25) is 4.57 Å². The Balaban J connectivity index is 2.02. The second-order valence-electron chi connectivity index (χ2n) is 6.37. The molecule has 2 nitrogen and oxygen atoms in total. The van der Waals surface area contributed by atoms with E-state index in [0.717, 1.165) is 16.7 Å². The van der Waals surface area contributed by atoms with E-state index in [0.29, 0.717) is 27.3 Å². The van der Waals surface area contributed by atoms with E-state index in [-0.39, 0.29) is 5.02 Å². The highest BCUT2D eigenvalue weighted by Crippen LogP contribution is 2.35. The van der Waals surface area contributed by atoms with Crippen molar-refractivity contribution in [2.75, 3.05) is 0 Å². The highest BCUT2D eigenvalue weighted by molar-refractivity contribution is 6.42. The molecular weight excluding hydrogens is 418 g/mol. The second kappa shape index (κ2) is 7.59. The number of aromatic nitrogens is 2. The molecule has 0 aliphatic heterocycles. The molecule has 0 saturated carbocycles. The van der Waals surface area contributed by atoms with E-state index in [1.165, 1.54) is 6.07 Å². The van der Waals surface area contributed by atoms with Gasteiger partial charge in [-0.1, -0.05) is 70.7 Å². The molecular formula is C22H14Cl3FN2. The third kappa shape index (κ3) is 3.42. The van der Waals surface area contributed by atoms with Crippen molar-refractivity contribution in [3.05, 3.63) is 93.3 Å². The first-order chi connectivity index (χ1) is 13.5. The van der Waals surface area contributed by atoms with Gasteiger partial charge in [0.2, 0.25) is 0 Å². The first-order valence-corrected chi connectivity index (χ1v) is 9.63. The van der Waals surface area contributed by atoms with Gasteiger partial charge in [0.25, 0.3) is 0 Å². The van der Waals surface area contributed by atoms with Crippen LogP contribution in [-0.4, -0.2) is 9.55 Å². The molecule has 0 spiro atoms. The zero-order valence-corrected chi connectivity index (χ0v) is 17.0. The van der Waals surface area contributed by atoms with Gasteiger partial charge < -0.3 is 0 Å². The summed E-state index contributed by atoms with van der Waals surface area (Å²) >= 11 is 18.3. The number of aryl methyl sites for hydroxylation is 1. The first kappa shape index (κ1) is 19.0. The van der Waals surface area contributed by atoms with E-state index in [1.807, 2.05) is 37.3 Å². The molecule has 4 aromatic rings. The van der Waals surface area contributed by atoms with E-state index in [9.17, 15) is 4.39 Å². The van der Waals surface area contributed by atoms with Crippen LogP contribution in [0.4, 0.5) is 4.39 Å². The normalized spacial score (nSPS) is 11.0. The van der Waals surface area contributed by atoms with Gasteiger partial charge in [-0.15, -0.1) is 0 Å². The summed E-state index contributed by atoms with van der Waals surface area (Å²) in [5.41, 5.74) is 3.69. The SMILES string of the molecule is Cc1cccc(-c2ncc(-c3ccc(Cl)c(Cl)c3)n2-c2cccc(Cl)c2F)c1. The standard InChI is InChI=1S/C22H14Cl3FN2/c1-13-4-2-5-15(10-13)22-27-12-20(14-8-9-16(23)18(25)11-14)28(22)19-7-3-6-17(24)21(19)26/h2-12H,1H3. The Morgan fingerprint density at radius 1 is 0.821 bits per heavy atom. The van der Waals surface area contributed by atoms with Crippen LogP contribution in [0.1, 0.15) is 5.56 Å². The monoisotopic (exact) mass is 430 g/mol. The molecule has 1 aromatic heterocycles. The van der Waals surface area contributed by atoms with Crippen LogP contribution in [-0.2, 0) is 0 Å². The van der Waals surface area contributed by atoms with Gasteiger partial charge in [0.05, 0.1) is 32.6 Å². The first-order valence-electron chi connectivity index (χ1n) is 8.50. The van der Waals surface area contributed by atoms with Crippen molar-refractivity contribution in [1.82, 2.24) is 9.55 Å². The van der Waals surface area contributed by atoms with E-state index in [4.69, 9.17) is 34.8 Å². The van der Waals surface area contributed by atoms with Crippen LogP contribution in [0.15, 0.2) is 66.9 Å². The predicted molar refractivity (Wildman–Crippen MR) is 114 cm³/mol. The molecule has 0 aliphatic carbocycles. The molecule has 0 fully saturated rings. The molecule has 0 bridgehead atoms. The van der Waals surface area contributed by atoms with Crippen molar-refractivity contribution in [2.24, 2.45) is 0 Å². The van der Waals surface area contributed by atoms with Gasteiger partial charge in [0.1, 0.15) is 5.82 Å². The van der Waals surface area contributed by atoms with Gasteiger partial charge in [-0.05, 0) is 37.3 Å². The third-order valence-electron chi connectivity index (χ3n) is 4.43. The smallest absolute Gasteiger partial charge is 0.165 e. The fourth-order valence-corrected chi connectivity index (χ4v) is 3.58. The summed E-state index contributed by atoms with van der Waals surface area (Å²) < 4.78 is 16.7. The maximum atomic E-state index is 15.0. The minimum atomic E-state index is -0.516. The van der Waals surface area contributed by atoms with Crippen molar-refractivity contribution in [3.8, 4) is 28.3 Å². The maximum absolute atomic E-state index is 15.0. The van der Waals surface area contributed by atoms with Gasteiger partial charge in [-0.2, -0.15) is 0 Å². The molecule has 4 rings (SSSR count). The van der Waals surface area contributed by atoms with Gasteiger partial charge in [-0.25, -0.2) is 9.37 Å². The lowest BCUT2D eigenvalue weighted by Gasteiger charge is -2.14. The topological polar surface area (TPSA) is 17.8 Å². The molecule has 0 saturated heterocycles. The molecule has 3 aromatic carbocycles. The molecule has 6 heteroatoms. The Morgan fingerprint density at radius 2 is 1.61 bits per heavy atom. The van der Waals surface area contributed by atoms with E-state index in [2.05, 4.69) is 4.98 Å². The summed E-state index contributed by atoms with van der Waals surface area (Å²) in [7, 11) is 0. The molecule has 28 heavy (non-hydrogen) atoms. The van der Waals surface area contributed by atoms with Crippen LogP contribution < -0.4 is 0 Å². The van der Waals surface area contributed by atoms with Crippen LogP contribution in [0.25, 0.3) is 28.3 Å². The molecule has 0 N–H and O–H groups in total. The molecule has 0 radical (unpaired) electrons. The van der Waals surface area contributed by atoms with Gasteiger partial charge in [0.15, 0.2) is 5.82 Å². The molecule has 0 unspecified atom stereocenters. The van der Waals surface area contributed by atoms with Crippen molar-refractivity contribution in [2.45, 2.75) is 6.92 Å². The second-order valence-corrected chi connectivity index (χ2v) is 7.60. The highest BCUT2D eigenvalue weighted by Gasteiger charge is 2.19. The lowest BCUT2D eigenvalue weighted by Crippen LogP contribution is -2.03. The largest absolute Gasteiger partial charge is 0.289 e. The molecule has 0 amide bonds. The Kier molecular flexibility index (Phi) is 5.15. The van der Waals surface area contributed by atoms with Crippen LogP contribution in [0.3, 0.4) is 0 Å². The van der Waals surface area contributed by atoms with Crippen molar-refractivity contribution in [1.29, 1.82) is 0 Å². The van der Waals surface area contributed by atoms with Crippen LogP contribution >= 0.6 is 34.8 Å². The zero-order chi connectivity index (χ0) is 19.8. The molecule has 140 valence electrons. The average Bonchev–Trinajstić information content (AvgIpc) is 3.11. The zero-order valence-electron chi connectivity index (χ0n) is 14.8. The Bertz CT molecular complexity index is 1180. The number of imidazole rings is 1. The van der Waals surface area contributed by atoms with Crippen molar-refractivity contribution < 1.29 is 4.39 Å². The number of hydrogen-bond donors (Lipinski definition) is 0. The van der Waals surface area contributed by atoms with Crippen LogP contribution in [0.2, 0.25) is 15.1 Å². The van der Waals surface area contributed by atoms with E-state index in [1.54, 1.807) is 35.0 Å². The lowest BCUT2D eigenvalue weighted by molar-refractivity contribution is 0.619.